The number of hydrogen-bond donors (Lipinski definition) is 2. The molecule has 5 nitrogen and oxygen atoms in total. The summed E-state index contributed by atoms with van der Waals surface area (Å²) in [6, 6.07) is 5.09. The van der Waals surface area contributed by atoms with Gasteiger partial charge in [0.15, 0.2) is 0 Å². The molecule has 1 aromatic rings. The molecule has 0 unspecified atom stereocenters. The van der Waals surface area contributed by atoms with Crippen molar-refractivity contribution < 1.29 is 4.92 Å². The minimum Gasteiger partial charge on any atom is -0.317 e. The molecule has 0 radical (unpaired) electrons. The average Bonchev–Trinajstić information content (AvgIpc) is 2.37. The van der Waals surface area contributed by atoms with Crippen molar-refractivity contribution in [1.82, 2.24) is 10.6 Å². The van der Waals surface area contributed by atoms with E-state index >= 15 is 0 Å². The lowest BCUT2D eigenvalue weighted by atomic mass is 10.1. The van der Waals surface area contributed by atoms with Crippen LogP contribution in [-0.2, 0) is 6.54 Å². The summed E-state index contributed by atoms with van der Waals surface area (Å²) < 4.78 is 0. The summed E-state index contributed by atoms with van der Waals surface area (Å²) in [5.41, 5.74) is 0.770. The molecule has 2 N–H and O–H groups in total. The second-order valence-electron chi connectivity index (χ2n) is 4.44. The zero-order valence-corrected chi connectivity index (χ0v) is 10.7. The van der Waals surface area contributed by atoms with Gasteiger partial charge in [-0.2, -0.15) is 0 Å². The molecule has 6 heteroatoms. The number of rotatable bonds is 4. The van der Waals surface area contributed by atoms with Crippen LogP contribution in [0, 0.1) is 10.1 Å². The van der Waals surface area contributed by atoms with Crippen LogP contribution in [0.3, 0.4) is 0 Å². The predicted molar refractivity (Wildman–Crippen MR) is 70.8 cm³/mol. The molecule has 1 aliphatic heterocycles. The van der Waals surface area contributed by atoms with Crippen molar-refractivity contribution in [3.63, 3.8) is 0 Å². The van der Waals surface area contributed by atoms with Gasteiger partial charge in [0.1, 0.15) is 0 Å². The first-order valence-corrected chi connectivity index (χ1v) is 6.41. The third kappa shape index (κ3) is 3.41. The summed E-state index contributed by atoms with van der Waals surface area (Å²) in [6.45, 7) is 2.48. The second-order valence-corrected chi connectivity index (χ2v) is 4.87. The van der Waals surface area contributed by atoms with E-state index in [4.69, 9.17) is 11.6 Å². The second kappa shape index (κ2) is 6.13. The lowest BCUT2D eigenvalue weighted by Crippen LogP contribution is -2.39. The number of nitrogens with zero attached hydrogens (tertiary/aromatic N) is 1. The summed E-state index contributed by atoms with van der Waals surface area (Å²) in [5, 5.41) is 18.1. The maximum absolute atomic E-state index is 10.9. The molecule has 0 amide bonds. The van der Waals surface area contributed by atoms with Crippen molar-refractivity contribution in [3.8, 4) is 0 Å². The molecule has 0 aliphatic carbocycles. The van der Waals surface area contributed by atoms with Crippen LogP contribution in [-0.4, -0.2) is 24.1 Å². The minimum atomic E-state index is -0.365. The van der Waals surface area contributed by atoms with Crippen LogP contribution in [0.15, 0.2) is 18.2 Å². The summed E-state index contributed by atoms with van der Waals surface area (Å²) >= 11 is 5.88. The molecular formula is C12H16ClN3O2. The Bertz CT molecular complexity index is 433. The fourth-order valence-corrected chi connectivity index (χ4v) is 2.35. The Hall–Kier alpha value is -1.17. The fourth-order valence-electron chi connectivity index (χ4n) is 2.15. The fraction of sp³-hybridized carbons (Fsp3) is 0.500. The van der Waals surface area contributed by atoms with E-state index in [0.717, 1.165) is 25.9 Å². The van der Waals surface area contributed by atoms with Gasteiger partial charge in [-0.15, -0.1) is 0 Å². The first-order chi connectivity index (χ1) is 8.66. The Morgan fingerprint density at radius 1 is 1.44 bits per heavy atom. The van der Waals surface area contributed by atoms with Gasteiger partial charge in [-0.1, -0.05) is 11.6 Å². The van der Waals surface area contributed by atoms with Gasteiger partial charge in [0, 0.05) is 29.2 Å². The first-order valence-electron chi connectivity index (χ1n) is 6.04. The number of nitrogens with one attached hydrogen (secondary N) is 2. The SMILES string of the molecule is O=[N+]([O-])c1ccc(Cl)cc1CNC1CCNCC1. The van der Waals surface area contributed by atoms with Crippen LogP contribution in [0.1, 0.15) is 18.4 Å². The van der Waals surface area contributed by atoms with Crippen molar-refractivity contribution in [2.75, 3.05) is 13.1 Å². The molecule has 1 aromatic carbocycles. The summed E-state index contributed by atoms with van der Waals surface area (Å²) in [4.78, 5) is 10.5. The number of nitro benzene ring substituents is 1. The number of benzene rings is 1. The van der Waals surface area contributed by atoms with E-state index in [1.165, 1.54) is 6.07 Å². The van der Waals surface area contributed by atoms with Gasteiger partial charge in [0.2, 0.25) is 0 Å². The highest BCUT2D eigenvalue weighted by molar-refractivity contribution is 6.30. The lowest BCUT2D eigenvalue weighted by molar-refractivity contribution is -0.385. The zero-order chi connectivity index (χ0) is 13.0. The summed E-state index contributed by atoms with van der Waals surface area (Å²) in [6.07, 6.45) is 2.10. The van der Waals surface area contributed by atoms with E-state index in [1.54, 1.807) is 12.1 Å². The van der Waals surface area contributed by atoms with Gasteiger partial charge in [0.25, 0.3) is 5.69 Å². The van der Waals surface area contributed by atoms with Crippen molar-refractivity contribution in [2.45, 2.75) is 25.4 Å². The maximum atomic E-state index is 10.9. The highest BCUT2D eigenvalue weighted by Gasteiger charge is 2.16. The normalized spacial score (nSPS) is 16.7. The Morgan fingerprint density at radius 3 is 2.83 bits per heavy atom. The number of halogens is 1. The Kier molecular flexibility index (Phi) is 4.52. The average molecular weight is 270 g/mol. The first kappa shape index (κ1) is 13.3. The highest BCUT2D eigenvalue weighted by Crippen LogP contribution is 2.22. The molecule has 1 aliphatic rings. The maximum Gasteiger partial charge on any atom is 0.273 e. The van der Waals surface area contributed by atoms with Crippen LogP contribution in [0.4, 0.5) is 5.69 Å². The Morgan fingerprint density at radius 2 is 2.17 bits per heavy atom. The van der Waals surface area contributed by atoms with Crippen LogP contribution in [0.2, 0.25) is 5.02 Å². The Balaban J connectivity index is 2.03. The van der Waals surface area contributed by atoms with Crippen LogP contribution < -0.4 is 10.6 Å². The molecule has 0 aromatic heterocycles. The number of hydrogen-bond acceptors (Lipinski definition) is 4. The van der Waals surface area contributed by atoms with E-state index in [0.29, 0.717) is 23.2 Å². The standard InChI is InChI=1S/C12H16ClN3O2/c13-10-1-2-12(16(17)18)9(7-10)8-15-11-3-5-14-6-4-11/h1-2,7,11,14-15H,3-6,8H2. The topological polar surface area (TPSA) is 67.2 Å². The lowest BCUT2D eigenvalue weighted by Gasteiger charge is -2.23. The van der Waals surface area contributed by atoms with Crippen LogP contribution in [0.5, 0.6) is 0 Å². The monoisotopic (exact) mass is 269 g/mol. The van der Waals surface area contributed by atoms with E-state index in [1.807, 2.05) is 0 Å². The van der Waals surface area contributed by atoms with Crippen LogP contribution >= 0.6 is 11.6 Å². The molecule has 98 valence electrons. The van der Waals surface area contributed by atoms with Gasteiger partial charge in [-0.25, -0.2) is 0 Å². The smallest absolute Gasteiger partial charge is 0.273 e. The molecule has 1 heterocycles. The molecule has 0 spiro atoms. The van der Waals surface area contributed by atoms with E-state index < -0.39 is 0 Å². The van der Waals surface area contributed by atoms with Gasteiger partial charge >= 0.3 is 0 Å². The highest BCUT2D eigenvalue weighted by atomic mass is 35.5. The Labute approximate surface area is 111 Å². The molecule has 18 heavy (non-hydrogen) atoms. The molecule has 0 bridgehead atoms. The van der Waals surface area contributed by atoms with E-state index in [9.17, 15) is 10.1 Å². The zero-order valence-electron chi connectivity index (χ0n) is 9.99. The van der Waals surface area contributed by atoms with Crippen molar-refractivity contribution in [2.24, 2.45) is 0 Å². The van der Waals surface area contributed by atoms with Gasteiger partial charge in [-0.05, 0) is 38.1 Å². The molecular weight excluding hydrogens is 254 g/mol. The molecule has 0 atom stereocenters. The molecule has 2 rings (SSSR count). The van der Waals surface area contributed by atoms with E-state index in [-0.39, 0.29) is 10.6 Å². The number of piperidine rings is 1. The molecule has 1 fully saturated rings. The quantitative estimate of drug-likeness (QED) is 0.649. The minimum absolute atomic E-state index is 0.126. The third-order valence-corrected chi connectivity index (χ3v) is 3.39. The number of nitro groups is 1. The van der Waals surface area contributed by atoms with E-state index in [2.05, 4.69) is 10.6 Å². The third-order valence-electron chi connectivity index (χ3n) is 3.16. The molecule has 0 saturated carbocycles. The van der Waals surface area contributed by atoms with Gasteiger partial charge in [0.05, 0.1) is 4.92 Å². The van der Waals surface area contributed by atoms with Gasteiger partial charge in [-0.3, -0.25) is 10.1 Å². The largest absolute Gasteiger partial charge is 0.317 e. The van der Waals surface area contributed by atoms with Crippen molar-refractivity contribution in [3.05, 3.63) is 38.9 Å². The summed E-state index contributed by atoms with van der Waals surface area (Å²) in [5.74, 6) is 0. The van der Waals surface area contributed by atoms with Gasteiger partial charge < -0.3 is 10.6 Å². The van der Waals surface area contributed by atoms with Crippen molar-refractivity contribution >= 4 is 17.3 Å². The molecule has 1 saturated heterocycles. The predicted octanol–water partition coefficient (Wildman–Crippen LogP) is 2.09. The summed E-state index contributed by atoms with van der Waals surface area (Å²) in [7, 11) is 0. The van der Waals surface area contributed by atoms with Crippen molar-refractivity contribution in [1.29, 1.82) is 0 Å². The van der Waals surface area contributed by atoms with Crippen LogP contribution in [0.25, 0.3) is 0 Å².